The Kier molecular flexibility index (Phi) is 6.57. The molecule has 0 unspecified atom stereocenters. The molecule has 1 aliphatic rings. The molecule has 0 amide bonds. The highest BCUT2D eigenvalue weighted by Crippen LogP contribution is 2.28. The van der Waals surface area contributed by atoms with Gasteiger partial charge < -0.3 is 4.74 Å². The van der Waals surface area contributed by atoms with Gasteiger partial charge in [-0.25, -0.2) is 0 Å². The Balaban J connectivity index is 2.01. The van der Waals surface area contributed by atoms with E-state index >= 15 is 0 Å². The van der Waals surface area contributed by atoms with E-state index < -0.39 is 0 Å². The van der Waals surface area contributed by atoms with E-state index in [2.05, 4.69) is 6.08 Å². The summed E-state index contributed by atoms with van der Waals surface area (Å²) < 4.78 is 4.88. The van der Waals surface area contributed by atoms with Crippen LogP contribution >= 0.6 is 11.8 Å². The molecule has 0 atom stereocenters. The van der Waals surface area contributed by atoms with Crippen LogP contribution in [0.2, 0.25) is 0 Å². The van der Waals surface area contributed by atoms with Gasteiger partial charge in [0, 0.05) is 6.42 Å². The molecule has 86 valence electrons. The van der Waals surface area contributed by atoms with Crippen LogP contribution in [0, 0.1) is 0 Å². The van der Waals surface area contributed by atoms with Crippen LogP contribution in [0.1, 0.15) is 45.4 Å². The lowest BCUT2D eigenvalue weighted by atomic mass is 10.1. The monoisotopic (exact) mass is 228 g/mol. The largest absolute Gasteiger partial charge is 0.466 e. The molecule has 0 radical (unpaired) electrons. The third kappa shape index (κ3) is 5.88. The molecule has 0 fully saturated rings. The van der Waals surface area contributed by atoms with Crippen LogP contribution < -0.4 is 0 Å². The fourth-order valence-electron chi connectivity index (χ4n) is 1.58. The molecule has 0 aromatic carbocycles. The highest BCUT2D eigenvalue weighted by atomic mass is 32.2. The number of ether oxygens (including phenoxy) is 1. The Labute approximate surface area is 96.5 Å². The van der Waals surface area contributed by atoms with Crippen LogP contribution in [-0.2, 0) is 9.53 Å². The second kappa shape index (κ2) is 7.80. The summed E-state index contributed by atoms with van der Waals surface area (Å²) in [6, 6.07) is 0. The second-order valence-electron chi connectivity index (χ2n) is 3.67. The zero-order valence-electron chi connectivity index (χ0n) is 9.46. The lowest BCUT2D eigenvalue weighted by Gasteiger charge is -2.11. The predicted molar refractivity (Wildman–Crippen MR) is 64.9 cm³/mol. The predicted octanol–water partition coefficient (Wildman–Crippen LogP) is 3.52. The van der Waals surface area contributed by atoms with Gasteiger partial charge in [-0.05, 0) is 49.7 Å². The maximum atomic E-state index is 11.1. The number of thioether (sulfide) groups is 1. The van der Waals surface area contributed by atoms with Crippen LogP contribution in [0.3, 0.4) is 0 Å². The van der Waals surface area contributed by atoms with Crippen molar-refractivity contribution in [1.29, 1.82) is 0 Å². The average molecular weight is 228 g/mol. The molecule has 0 aromatic heterocycles. The summed E-state index contributed by atoms with van der Waals surface area (Å²) in [5.41, 5.74) is 0. The van der Waals surface area contributed by atoms with E-state index in [1.54, 1.807) is 0 Å². The van der Waals surface area contributed by atoms with Gasteiger partial charge in [-0.1, -0.05) is 6.08 Å². The Morgan fingerprint density at radius 1 is 1.53 bits per heavy atom. The minimum atomic E-state index is -0.0530. The molecule has 1 heterocycles. The van der Waals surface area contributed by atoms with Crippen molar-refractivity contribution in [2.24, 2.45) is 0 Å². The average Bonchev–Trinajstić information content (AvgIpc) is 2.26. The van der Waals surface area contributed by atoms with Gasteiger partial charge in [-0.3, -0.25) is 4.79 Å². The van der Waals surface area contributed by atoms with Crippen molar-refractivity contribution < 1.29 is 9.53 Å². The van der Waals surface area contributed by atoms with Crippen molar-refractivity contribution in [3.63, 3.8) is 0 Å². The third-order valence-corrected chi connectivity index (χ3v) is 3.60. The minimum Gasteiger partial charge on any atom is -0.466 e. The molecule has 1 aliphatic heterocycles. The smallest absolute Gasteiger partial charge is 0.305 e. The highest BCUT2D eigenvalue weighted by molar-refractivity contribution is 8.03. The maximum Gasteiger partial charge on any atom is 0.305 e. The number of hydrogen-bond donors (Lipinski definition) is 0. The van der Waals surface area contributed by atoms with Crippen molar-refractivity contribution in [3.05, 3.63) is 11.0 Å². The van der Waals surface area contributed by atoms with Gasteiger partial charge in [-0.15, -0.1) is 11.8 Å². The Morgan fingerprint density at radius 2 is 2.40 bits per heavy atom. The van der Waals surface area contributed by atoms with E-state index in [4.69, 9.17) is 4.74 Å². The lowest BCUT2D eigenvalue weighted by molar-refractivity contribution is -0.143. The minimum absolute atomic E-state index is 0.0530. The zero-order valence-corrected chi connectivity index (χ0v) is 10.3. The Hall–Kier alpha value is -0.440. The van der Waals surface area contributed by atoms with Gasteiger partial charge >= 0.3 is 5.97 Å². The fraction of sp³-hybridized carbons (Fsp3) is 0.750. The molecule has 0 aliphatic carbocycles. The van der Waals surface area contributed by atoms with Gasteiger partial charge in [0.05, 0.1) is 6.61 Å². The Bertz CT molecular complexity index is 224. The van der Waals surface area contributed by atoms with Crippen LogP contribution in [0.25, 0.3) is 0 Å². The molecular formula is C12H20O2S. The molecule has 3 heteroatoms. The number of esters is 1. The summed E-state index contributed by atoms with van der Waals surface area (Å²) in [7, 11) is 0. The van der Waals surface area contributed by atoms with Crippen LogP contribution in [-0.4, -0.2) is 18.3 Å². The molecular weight excluding hydrogens is 208 g/mol. The van der Waals surface area contributed by atoms with E-state index in [1.165, 1.54) is 23.5 Å². The van der Waals surface area contributed by atoms with Gasteiger partial charge in [0.15, 0.2) is 0 Å². The number of unbranched alkanes of at least 4 members (excludes halogenated alkanes) is 1. The first kappa shape index (κ1) is 12.6. The third-order valence-electron chi connectivity index (χ3n) is 2.37. The summed E-state index contributed by atoms with van der Waals surface area (Å²) >= 11 is 1.98. The van der Waals surface area contributed by atoms with Gasteiger partial charge in [0.2, 0.25) is 0 Å². The number of allylic oxidation sites excluding steroid dienone is 2. The standard InChI is InChI=1S/C12H20O2S/c1-2-14-12(13)9-4-3-7-11-8-5-6-10-15-11/h8H,2-7,9-10H2,1H3. The van der Waals surface area contributed by atoms with Crippen molar-refractivity contribution in [2.45, 2.75) is 45.4 Å². The molecule has 0 aromatic rings. The summed E-state index contributed by atoms with van der Waals surface area (Å²) in [6.45, 7) is 2.35. The summed E-state index contributed by atoms with van der Waals surface area (Å²) in [4.78, 5) is 12.6. The molecule has 0 spiro atoms. The quantitative estimate of drug-likeness (QED) is 0.514. The van der Waals surface area contributed by atoms with Crippen molar-refractivity contribution in [2.75, 3.05) is 12.4 Å². The van der Waals surface area contributed by atoms with Crippen molar-refractivity contribution >= 4 is 17.7 Å². The molecule has 0 saturated heterocycles. The summed E-state index contributed by atoms with van der Waals surface area (Å²) in [5.74, 6) is 1.21. The molecule has 2 nitrogen and oxygen atoms in total. The maximum absolute atomic E-state index is 11.1. The zero-order chi connectivity index (χ0) is 10.9. The van der Waals surface area contributed by atoms with E-state index in [0.717, 1.165) is 19.3 Å². The van der Waals surface area contributed by atoms with Gasteiger partial charge in [0.1, 0.15) is 0 Å². The highest BCUT2D eigenvalue weighted by Gasteiger charge is 2.05. The molecule has 1 rings (SSSR count). The topological polar surface area (TPSA) is 26.3 Å². The first-order chi connectivity index (χ1) is 7.33. The second-order valence-corrected chi connectivity index (χ2v) is 4.89. The van der Waals surface area contributed by atoms with Crippen LogP contribution in [0.15, 0.2) is 11.0 Å². The lowest BCUT2D eigenvalue weighted by Crippen LogP contribution is -2.03. The van der Waals surface area contributed by atoms with E-state index in [-0.39, 0.29) is 5.97 Å². The number of carbonyl (C=O) groups is 1. The molecule has 15 heavy (non-hydrogen) atoms. The van der Waals surface area contributed by atoms with Crippen molar-refractivity contribution in [3.8, 4) is 0 Å². The molecule has 0 saturated carbocycles. The molecule has 0 bridgehead atoms. The van der Waals surface area contributed by atoms with Crippen molar-refractivity contribution in [1.82, 2.24) is 0 Å². The van der Waals surface area contributed by atoms with E-state index in [0.29, 0.717) is 13.0 Å². The number of carbonyl (C=O) groups excluding carboxylic acids is 1. The first-order valence-corrected chi connectivity index (χ1v) is 6.79. The molecule has 0 N–H and O–H groups in total. The number of rotatable bonds is 6. The Morgan fingerprint density at radius 3 is 3.07 bits per heavy atom. The van der Waals surface area contributed by atoms with E-state index in [1.807, 2.05) is 18.7 Å². The fourth-order valence-corrected chi connectivity index (χ4v) is 2.68. The number of hydrogen-bond acceptors (Lipinski definition) is 3. The van der Waals surface area contributed by atoms with Crippen LogP contribution in [0.5, 0.6) is 0 Å². The van der Waals surface area contributed by atoms with Gasteiger partial charge in [0.25, 0.3) is 0 Å². The summed E-state index contributed by atoms with van der Waals surface area (Å²) in [5, 5.41) is 0. The van der Waals surface area contributed by atoms with E-state index in [9.17, 15) is 4.79 Å². The van der Waals surface area contributed by atoms with Gasteiger partial charge in [-0.2, -0.15) is 0 Å². The first-order valence-electron chi connectivity index (χ1n) is 5.80. The SMILES string of the molecule is CCOC(=O)CCCCC1=CCCCS1. The normalized spacial score (nSPS) is 15.9. The van der Waals surface area contributed by atoms with Crippen LogP contribution in [0.4, 0.5) is 0 Å². The summed E-state index contributed by atoms with van der Waals surface area (Å²) in [6.07, 6.45) is 8.68.